The molecule has 0 radical (unpaired) electrons. The van der Waals surface area contributed by atoms with E-state index in [-0.39, 0.29) is 0 Å². The standard InChI is InChI=1S/C15H26N4O/c1-15(20)8-4-3-6-13(15)14-7-5-9-19(14)11-12-10-16-17-18(12)2/h10,13-14,20H,3-9,11H2,1-2H3/t13-,14-,15+/m1/s1. The van der Waals surface area contributed by atoms with Crippen LogP contribution in [0.3, 0.4) is 0 Å². The molecular formula is C15H26N4O. The number of aliphatic hydroxyl groups is 1. The van der Waals surface area contributed by atoms with E-state index in [9.17, 15) is 5.11 Å². The third-order valence-electron chi connectivity index (χ3n) is 5.30. The fraction of sp³-hybridized carbons (Fsp3) is 0.867. The summed E-state index contributed by atoms with van der Waals surface area (Å²) in [6.45, 7) is 4.07. The Kier molecular flexibility index (Phi) is 3.82. The second-order valence-electron chi connectivity index (χ2n) is 6.74. The second kappa shape index (κ2) is 5.45. The van der Waals surface area contributed by atoms with Gasteiger partial charge in [0.25, 0.3) is 0 Å². The number of hydrogen-bond donors (Lipinski definition) is 1. The summed E-state index contributed by atoms with van der Waals surface area (Å²) in [6.07, 6.45) is 8.86. The minimum absolute atomic E-state index is 0.417. The zero-order valence-electron chi connectivity index (χ0n) is 12.6. The number of hydrogen-bond acceptors (Lipinski definition) is 4. The predicted molar refractivity (Wildman–Crippen MR) is 77.0 cm³/mol. The molecule has 2 aliphatic rings. The third-order valence-corrected chi connectivity index (χ3v) is 5.30. The summed E-state index contributed by atoms with van der Waals surface area (Å²) < 4.78 is 1.86. The minimum Gasteiger partial charge on any atom is -0.390 e. The Morgan fingerprint density at radius 2 is 2.20 bits per heavy atom. The summed E-state index contributed by atoms with van der Waals surface area (Å²) in [5, 5.41) is 18.7. The molecule has 5 nitrogen and oxygen atoms in total. The Morgan fingerprint density at radius 1 is 1.35 bits per heavy atom. The van der Waals surface area contributed by atoms with E-state index in [1.165, 1.54) is 25.7 Å². The lowest BCUT2D eigenvalue weighted by molar-refractivity contribution is -0.0630. The molecule has 0 amide bonds. The van der Waals surface area contributed by atoms with Gasteiger partial charge in [0, 0.05) is 25.6 Å². The molecule has 1 saturated carbocycles. The maximum atomic E-state index is 10.7. The molecule has 3 rings (SSSR count). The Bertz CT molecular complexity index is 456. The Hall–Kier alpha value is -0.940. The van der Waals surface area contributed by atoms with E-state index in [0.717, 1.165) is 31.6 Å². The highest BCUT2D eigenvalue weighted by atomic mass is 16.3. The average molecular weight is 278 g/mol. The molecule has 3 atom stereocenters. The van der Waals surface area contributed by atoms with E-state index in [0.29, 0.717) is 12.0 Å². The van der Waals surface area contributed by atoms with Crippen LogP contribution in [0.4, 0.5) is 0 Å². The molecule has 1 N–H and O–H groups in total. The molecule has 0 spiro atoms. The van der Waals surface area contributed by atoms with Gasteiger partial charge in [-0.25, -0.2) is 0 Å². The molecule has 2 heterocycles. The van der Waals surface area contributed by atoms with Crippen molar-refractivity contribution >= 4 is 0 Å². The van der Waals surface area contributed by atoms with Gasteiger partial charge in [0.05, 0.1) is 17.5 Å². The Labute approximate surface area is 121 Å². The summed E-state index contributed by atoms with van der Waals surface area (Å²) in [5.41, 5.74) is 0.670. The fourth-order valence-corrected chi connectivity index (χ4v) is 4.12. The lowest BCUT2D eigenvalue weighted by atomic mass is 9.72. The van der Waals surface area contributed by atoms with Gasteiger partial charge in [-0.1, -0.05) is 18.1 Å². The lowest BCUT2D eigenvalue weighted by Gasteiger charge is -2.43. The van der Waals surface area contributed by atoms with Crippen LogP contribution in [0.2, 0.25) is 0 Å². The van der Waals surface area contributed by atoms with Gasteiger partial charge in [-0.05, 0) is 39.2 Å². The highest BCUT2D eigenvalue weighted by molar-refractivity contribution is 5.00. The first-order valence-electron chi connectivity index (χ1n) is 7.88. The van der Waals surface area contributed by atoms with Crippen LogP contribution in [-0.4, -0.2) is 43.2 Å². The first kappa shape index (κ1) is 14.0. The average Bonchev–Trinajstić information content (AvgIpc) is 3.00. The fourth-order valence-electron chi connectivity index (χ4n) is 4.12. The molecule has 2 fully saturated rings. The van der Waals surface area contributed by atoms with Crippen molar-refractivity contribution in [1.82, 2.24) is 19.9 Å². The Morgan fingerprint density at radius 3 is 2.90 bits per heavy atom. The molecule has 0 aromatic carbocycles. The summed E-state index contributed by atoms with van der Waals surface area (Å²) in [6, 6.07) is 0.514. The zero-order valence-corrected chi connectivity index (χ0v) is 12.6. The van der Waals surface area contributed by atoms with Crippen molar-refractivity contribution in [2.24, 2.45) is 13.0 Å². The highest BCUT2D eigenvalue weighted by Crippen LogP contribution is 2.40. The maximum absolute atomic E-state index is 10.7. The summed E-state index contributed by atoms with van der Waals surface area (Å²) in [4.78, 5) is 2.53. The minimum atomic E-state index is -0.490. The number of aryl methyl sites for hydroxylation is 1. The Balaban J connectivity index is 1.73. The normalized spacial score (nSPS) is 35.5. The van der Waals surface area contributed by atoms with E-state index in [1.54, 1.807) is 0 Å². The first-order valence-corrected chi connectivity index (χ1v) is 7.88. The van der Waals surface area contributed by atoms with Crippen LogP contribution in [0.25, 0.3) is 0 Å². The molecular weight excluding hydrogens is 252 g/mol. The van der Waals surface area contributed by atoms with Crippen LogP contribution in [0, 0.1) is 5.92 Å². The second-order valence-corrected chi connectivity index (χ2v) is 6.74. The smallest absolute Gasteiger partial charge is 0.0738 e. The first-order chi connectivity index (χ1) is 9.58. The lowest BCUT2D eigenvalue weighted by Crippen LogP contribution is -2.48. The van der Waals surface area contributed by atoms with Crippen LogP contribution in [-0.2, 0) is 13.6 Å². The van der Waals surface area contributed by atoms with Gasteiger partial charge >= 0.3 is 0 Å². The predicted octanol–water partition coefficient (Wildman–Crippen LogP) is 1.72. The monoisotopic (exact) mass is 278 g/mol. The van der Waals surface area contributed by atoms with Gasteiger partial charge in [0.2, 0.25) is 0 Å². The van der Waals surface area contributed by atoms with Gasteiger partial charge in [-0.15, -0.1) is 5.10 Å². The molecule has 1 aliphatic heterocycles. The van der Waals surface area contributed by atoms with Crippen LogP contribution in [0.1, 0.15) is 51.1 Å². The third kappa shape index (κ3) is 2.61. The largest absolute Gasteiger partial charge is 0.390 e. The zero-order chi connectivity index (χ0) is 14.2. The van der Waals surface area contributed by atoms with E-state index in [4.69, 9.17) is 0 Å². The highest BCUT2D eigenvalue weighted by Gasteiger charge is 2.43. The summed E-state index contributed by atoms with van der Waals surface area (Å²) in [7, 11) is 1.95. The van der Waals surface area contributed by atoms with Gasteiger partial charge in [0.1, 0.15) is 0 Å². The SMILES string of the molecule is Cn1nncc1CN1CCC[C@@H]1[C@H]1CCCC[C@]1(C)O. The van der Waals surface area contributed by atoms with Crippen molar-refractivity contribution in [3.8, 4) is 0 Å². The molecule has 112 valence electrons. The van der Waals surface area contributed by atoms with Crippen molar-refractivity contribution in [3.63, 3.8) is 0 Å². The van der Waals surface area contributed by atoms with Crippen LogP contribution < -0.4 is 0 Å². The molecule has 5 heteroatoms. The summed E-state index contributed by atoms with van der Waals surface area (Å²) in [5.74, 6) is 0.417. The van der Waals surface area contributed by atoms with Gasteiger partial charge in [-0.3, -0.25) is 9.58 Å². The molecule has 0 unspecified atom stereocenters. The van der Waals surface area contributed by atoms with Crippen LogP contribution in [0.15, 0.2) is 6.20 Å². The van der Waals surface area contributed by atoms with Crippen molar-refractivity contribution in [1.29, 1.82) is 0 Å². The van der Waals surface area contributed by atoms with Gasteiger partial charge in [-0.2, -0.15) is 0 Å². The van der Waals surface area contributed by atoms with Gasteiger partial charge < -0.3 is 5.11 Å². The molecule has 1 saturated heterocycles. The molecule has 1 aromatic heterocycles. The van der Waals surface area contributed by atoms with E-state index < -0.39 is 5.60 Å². The molecule has 20 heavy (non-hydrogen) atoms. The van der Waals surface area contributed by atoms with Crippen molar-refractivity contribution < 1.29 is 5.11 Å². The number of nitrogens with zero attached hydrogens (tertiary/aromatic N) is 4. The topological polar surface area (TPSA) is 54.2 Å². The van der Waals surface area contributed by atoms with Crippen molar-refractivity contribution in [2.75, 3.05) is 6.54 Å². The van der Waals surface area contributed by atoms with E-state index in [1.807, 2.05) is 24.9 Å². The summed E-state index contributed by atoms with van der Waals surface area (Å²) >= 11 is 0. The van der Waals surface area contributed by atoms with Crippen molar-refractivity contribution in [3.05, 3.63) is 11.9 Å². The van der Waals surface area contributed by atoms with Crippen molar-refractivity contribution in [2.45, 2.75) is 63.6 Å². The maximum Gasteiger partial charge on any atom is 0.0738 e. The molecule has 1 aromatic rings. The quantitative estimate of drug-likeness (QED) is 0.914. The van der Waals surface area contributed by atoms with E-state index >= 15 is 0 Å². The number of aromatic nitrogens is 3. The van der Waals surface area contributed by atoms with Crippen LogP contribution >= 0.6 is 0 Å². The van der Waals surface area contributed by atoms with Gasteiger partial charge in [0.15, 0.2) is 0 Å². The number of rotatable bonds is 3. The molecule has 1 aliphatic carbocycles. The molecule has 0 bridgehead atoms. The van der Waals surface area contributed by atoms with Crippen LogP contribution in [0.5, 0.6) is 0 Å². The van der Waals surface area contributed by atoms with E-state index in [2.05, 4.69) is 15.2 Å². The number of likely N-dealkylation sites (tertiary alicyclic amines) is 1.